The molecule has 0 fully saturated rings. The Balaban J connectivity index is 3.03. The van der Waals surface area contributed by atoms with E-state index in [4.69, 9.17) is 4.74 Å². The Morgan fingerprint density at radius 2 is 2.00 bits per heavy atom. The van der Waals surface area contributed by atoms with Crippen molar-refractivity contribution in [2.75, 3.05) is 6.61 Å². The van der Waals surface area contributed by atoms with Gasteiger partial charge >= 0.3 is 5.97 Å². The number of carbonyl (C=O) groups excluding carboxylic acids is 1. The van der Waals surface area contributed by atoms with Crippen molar-refractivity contribution in [3.8, 4) is 0 Å². The maximum atomic E-state index is 11.7. The van der Waals surface area contributed by atoms with Crippen LogP contribution in [0.15, 0.2) is 43.0 Å². The molecule has 0 spiro atoms. The summed E-state index contributed by atoms with van der Waals surface area (Å²) in [5, 5.41) is 20.5. The van der Waals surface area contributed by atoms with Crippen LogP contribution in [0.4, 0.5) is 0 Å². The van der Waals surface area contributed by atoms with E-state index in [1.165, 1.54) is 6.08 Å². The first-order chi connectivity index (χ1) is 8.97. The molecular weight excluding hydrogens is 244 g/mol. The van der Waals surface area contributed by atoms with Gasteiger partial charge in [-0.2, -0.15) is 0 Å². The van der Waals surface area contributed by atoms with Crippen LogP contribution in [-0.4, -0.2) is 28.9 Å². The molecule has 0 heterocycles. The molecule has 1 aromatic carbocycles. The lowest BCUT2D eigenvalue weighted by Crippen LogP contribution is -2.42. The average Bonchev–Trinajstić information content (AvgIpc) is 2.46. The van der Waals surface area contributed by atoms with Crippen molar-refractivity contribution in [1.29, 1.82) is 0 Å². The van der Waals surface area contributed by atoms with Gasteiger partial charge in [-0.25, -0.2) is 4.79 Å². The fourth-order valence-corrected chi connectivity index (χ4v) is 1.84. The lowest BCUT2D eigenvalue weighted by atomic mass is 9.76. The van der Waals surface area contributed by atoms with Crippen LogP contribution < -0.4 is 0 Å². The van der Waals surface area contributed by atoms with Gasteiger partial charge in [0.15, 0.2) is 6.10 Å². The lowest BCUT2D eigenvalue weighted by Gasteiger charge is -2.34. The molecule has 0 aliphatic heterocycles. The standard InChI is InChI=1S/C15H20O4/c1-4-15(3,13(17)14(18)19-5-2)12(16)11-9-7-6-8-10-11/h4,6-10,12-13,16-17H,1,5H2,2-3H3/t12?,13?,15-/m1/s1. The molecule has 0 amide bonds. The van der Waals surface area contributed by atoms with Gasteiger partial charge in [0.2, 0.25) is 0 Å². The Hall–Kier alpha value is -1.65. The second-order valence-corrected chi connectivity index (χ2v) is 4.54. The first-order valence-corrected chi connectivity index (χ1v) is 6.18. The third-order valence-electron chi connectivity index (χ3n) is 3.24. The van der Waals surface area contributed by atoms with E-state index in [0.29, 0.717) is 5.56 Å². The molecular formula is C15H20O4. The molecule has 1 rings (SSSR count). The van der Waals surface area contributed by atoms with E-state index in [-0.39, 0.29) is 6.61 Å². The number of carbonyl (C=O) groups is 1. The predicted molar refractivity (Wildman–Crippen MR) is 72.3 cm³/mol. The van der Waals surface area contributed by atoms with Gasteiger partial charge in [-0.05, 0) is 12.5 Å². The summed E-state index contributed by atoms with van der Waals surface area (Å²) >= 11 is 0. The summed E-state index contributed by atoms with van der Waals surface area (Å²) in [7, 11) is 0. The molecule has 104 valence electrons. The SMILES string of the molecule is C=C[C@@](C)(C(O)C(=O)OCC)C(O)c1ccccc1. The molecule has 4 heteroatoms. The third-order valence-corrected chi connectivity index (χ3v) is 3.24. The zero-order chi connectivity index (χ0) is 14.5. The number of benzene rings is 1. The second kappa shape index (κ2) is 6.50. The largest absolute Gasteiger partial charge is 0.464 e. The molecule has 4 nitrogen and oxygen atoms in total. The van der Waals surface area contributed by atoms with E-state index < -0.39 is 23.6 Å². The molecule has 3 atom stereocenters. The van der Waals surface area contributed by atoms with E-state index in [0.717, 1.165) is 0 Å². The Kier molecular flexibility index (Phi) is 5.27. The predicted octanol–water partition coefficient (Wildman–Crippen LogP) is 1.84. The molecule has 2 N–H and O–H groups in total. The normalized spacial score (nSPS) is 17.1. The number of hydrogen-bond donors (Lipinski definition) is 2. The summed E-state index contributed by atoms with van der Waals surface area (Å²) in [4.78, 5) is 11.7. The summed E-state index contributed by atoms with van der Waals surface area (Å²) in [6.07, 6.45) is -1.14. The third kappa shape index (κ3) is 3.22. The first kappa shape index (κ1) is 15.4. The highest BCUT2D eigenvalue weighted by Crippen LogP contribution is 2.38. The molecule has 19 heavy (non-hydrogen) atoms. The van der Waals surface area contributed by atoms with Crippen LogP contribution in [0, 0.1) is 5.41 Å². The maximum absolute atomic E-state index is 11.7. The van der Waals surface area contributed by atoms with Gasteiger partial charge < -0.3 is 14.9 Å². The monoisotopic (exact) mass is 264 g/mol. The highest BCUT2D eigenvalue weighted by Gasteiger charge is 2.43. The van der Waals surface area contributed by atoms with E-state index in [1.807, 2.05) is 6.07 Å². The summed E-state index contributed by atoms with van der Waals surface area (Å²) in [6.45, 7) is 7.01. The maximum Gasteiger partial charge on any atom is 0.335 e. The Morgan fingerprint density at radius 1 is 1.42 bits per heavy atom. The summed E-state index contributed by atoms with van der Waals surface area (Å²) in [5.41, 5.74) is -0.610. The molecule has 0 aromatic heterocycles. The molecule has 0 radical (unpaired) electrons. The van der Waals surface area contributed by atoms with Crippen molar-refractivity contribution in [2.24, 2.45) is 5.41 Å². The van der Waals surface area contributed by atoms with Crippen molar-refractivity contribution >= 4 is 5.97 Å². The summed E-state index contributed by atoms with van der Waals surface area (Å²) < 4.78 is 4.79. The van der Waals surface area contributed by atoms with Crippen LogP contribution in [0.3, 0.4) is 0 Å². The van der Waals surface area contributed by atoms with Crippen LogP contribution in [0.25, 0.3) is 0 Å². The van der Waals surface area contributed by atoms with Crippen molar-refractivity contribution in [1.82, 2.24) is 0 Å². The van der Waals surface area contributed by atoms with E-state index in [1.54, 1.807) is 38.1 Å². The van der Waals surface area contributed by atoms with Crippen molar-refractivity contribution in [3.05, 3.63) is 48.6 Å². The number of ether oxygens (including phenoxy) is 1. The van der Waals surface area contributed by atoms with Gasteiger partial charge in [-0.3, -0.25) is 0 Å². The molecule has 0 saturated carbocycles. The minimum Gasteiger partial charge on any atom is -0.464 e. The quantitative estimate of drug-likeness (QED) is 0.607. The van der Waals surface area contributed by atoms with Gasteiger partial charge in [0, 0.05) is 0 Å². The van der Waals surface area contributed by atoms with Crippen LogP contribution in [0.2, 0.25) is 0 Å². The number of rotatable bonds is 6. The molecule has 0 aliphatic rings. The van der Waals surface area contributed by atoms with Crippen molar-refractivity contribution in [2.45, 2.75) is 26.1 Å². The number of hydrogen-bond acceptors (Lipinski definition) is 4. The fraction of sp³-hybridized carbons (Fsp3) is 0.400. The van der Waals surface area contributed by atoms with Crippen LogP contribution in [-0.2, 0) is 9.53 Å². The Bertz CT molecular complexity index is 429. The molecule has 0 aliphatic carbocycles. The summed E-state index contributed by atoms with van der Waals surface area (Å²) in [5.74, 6) is -0.764. The smallest absolute Gasteiger partial charge is 0.335 e. The highest BCUT2D eigenvalue weighted by atomic mass is 16.5. The minimum absolute atomic E-state index is 0.171. The van der Waals surface area contributed by atoms with Crippen molar-refractivity contribution < 1.29 is 19.7 Å². The average molecular weight is 264 g/mol. The molecule has 0 saturated heterocycles. The zero-order valence-electron chi connectivity index (χ0n) is 11.2. The molecule has 0 bridgehead atoms. The zero-order valence-corrected chi connectivity index (χ0v) is 11.2. The van der Waals surface area contributed by atoms with E-state index in [9.17, 15) is 15.0 Å². The minimum atomic E-state index is -1.47. The van der Waals surface area contributed by atoms with Gasteiger partial charge in [0.1, 0.15) is 0 Å². The highest BCUT2D eigenvalue weighted by molar-refractivity contribution is 5.76. The number of esters is 1. The summed E-state index contributed by atoms with van der Waals surface area (Å²) in [6, 6.07) is 8.83. The van der Waals surface area contributed by atoms with Crippen molar-refractivity contribution in [3.63, 3.8) is 0 Å². The van der Waals surface area contributed by atoms with Crippen LogP contribution in [0.5, 0.6) is 0 Å². The van der Waals surface area contributed by atoms with Gasteiger partial charge in [-0.1, -0.05) is 43.3 Å². The topological polar surface area (TPSA) is 66.8 Å². The van der Waals surface area contributed by atoms with Crippen LogP contribution >= 0.6 is 0 Å². The van der Waals surface area contributed by atoms with E-state index >= 15 is 0 Å². The Labute approximate surface area is 113 Å². The van der Waals surface area contributed by atoms with Gasteiger partial charge in [-0.15, -0.1) is 6.58 Å². The number of aliphatic hydroxyl groups is 2. The molecule has 2 unspecified atom stereocenters. The first-order valence-electron chi connectivity index (χ1n) is 6.18. The van der Waals surface area contributed by atoms with Crippen LogP contribution in [0.1, 0.15) is 25.5 Å². The Morgan fingerprint density at radius 3 is 2.47 bits per heavy atom. The molecule has 1 aromatic rings. The fourth-order valence-electron chi connectivity index (χ4n) is 1.84. The lowest BCUT2D eigenvalue weighted by molar-refractivity contribution is -0.163. The van der Waals surface area contributed by atoms with E-state index in [2.05, 4.69) is 6.58 Å². The van der Waals surface area contributed by atoms with Gasteiger partial charge in [0.25, 0.3) is 0 Å². The second-order valence-electron chi connectivity index (χ2n) is 4.54. The number of aliphatic hydroxyl groups excluding tert-OH is 2. The van der Waals surface area contributed by atoms with Gasteiger partial charge in [0.05, 0.1) is 18.1 Å².